The van der Waals surface area contributed by atoms with Crippen LogP contribution in [0.5, 0.6) is 28.7 Å². The molecule has 1 fully saturated rings. The van der Waals surface area contributed by atoms with Gasteiger partial charge >= 0.3 is 23.9 Å². The van der Waals surface area contributed by atoms with Gasteiger partial charge in [-0.15, -0.1) is 46.4 Å². The molecule has 124 heavy (non-hydrogen) atoms. The highest BCUT2D eigenvalue weighted by Crippen LogP contribution is 2.34. The molecule has 11 aromatic carbocycles. The normalized spacial score (nSPS) is 12.1. The number of phenols is 2. The van der Waals surface area contributed by atoms with Crippen molar-refractivity contribution in [3.05, 3.63) is 306 Å². The third-order valence-electron chi connectivity index (χ3n) is 16.4. The van der Waals surface area contributed by atoms with Gasteiger partial charge in [-0.3, -0.25) is 24.5 Å². The number of aromatic carboxylic acids is 1. The molecule has 0 aliphatic carbocycles. The summed E-state index contributed by atoms with van der Waals surface area (Å²) in [5.74, 6) is 1.19. The van der Waals surface area contributed by atoms with Gasteiger partial charge in [0.25, 0.3) is 11.8 Å². The standard InChI is InChI=1S/C28H24ClN5O5.C16H15ClN2O3.C15H13ClN2O3.C14H12N2O3.C8H9NO2.C6H6O.C3H7Cl.CH4/c29-14-15-39-20-10-8-19(9-11-20)33-32-18-6-4-17(5-7-18)26(36)30-23-3-1-2-21-22(23)16-34(28(21)38)24-12-13-25(35)31-27(24)37;1-21-16(20)12-2-4-13(5-3-12)18-19-14-6-8-15(9-7-14)22-11-10-17;16-9-10-21-14-7-5-13(6-8-14)18-17-12-3-1-11(2-4-12)15(19)20;1-19-14(18)10-2-4-11(5-3-10)15-16-12-6-8-13(17)9-7-12;1-11-8(10)6-2-4-7(9)5-3-6;7-6-4-2-1-3-5-6;1-2-3-4;/h1-11,24H,12-16H2,(H,30,36)(H,31,35,37);2-9H,10-11H2,1H3;1-8H,9-10H2,(H,19,20);2-9,17H,1H3;2-5H,9H2,1H3;1-5,7H;2-3H2,1H3;1H4. The number of carboxylic acids is 1. The Morgan fingerprint density at radius 1 is 0.435 bits per heavy atom. The van der Waals surface area contributed by atoms with Crippen LogP contribution in [0.2, 0.25) is 0 Å². The van der Waals surface area contributed by atoms with Crippen molar-refractivity contribution in [1.29, 1.82) is 0 Å². The number of azo groups is 4. The summed E-state index contributed by atoms with van der Waals surface area (Å²) in [6.45, 7) is 3.56. The second kappa shape index (κ2) is 54.1. The fraction of sp³-hybridized carbons (Fsp3) is 0.187. The number of carboxylic acid groups (broad SMARTS) is 1. The third-order valence-corrected chi connectivity index (χ3v) is 17.3. The Labute approximate surface area is 736 Å². The number of hydrogen-bond acceptors (Lipinski definition) is 25. The van der Waals surface area contributed by atoms with Gasteiger partial charge in [-0.1, -0.05) is 38.6 Å². The monoisotopic (exact) mass is 1760 g/mol. The summed E-state index contributed by atoms with van der Waals surface area (Å²) in [5.41, 5.74) is 14.8. The van der Waals surface area contributed by atoms with Gasteiger partial charge in [0.2, 0.25) is 11.8 Å². The van der Waals surface area contributed by atoms with Crippen molar-refractivity contribution in [3.8, 4) is 28.7 Å². The molecule has 0 radical (unpaired) electrons. The Hall–Kier alpha value is -14.3. The van der Waals surface area contributed by atoms with E-state index in [0.29, 0.717) is 139 Å². The van der Waals surface area contributed by atoms with Gasteiger partial charge in [-0.25, -0.2) is 19.2 Å². The number of methoxy groups -OCH3 is 3. The first-order valence-corrected chi connectivity index (χ1v) is 39.7. The minimum atomic E-state index is -0.967. The molecule has 1 saturated heterocycles. The Morgan fingerprint density at radius 2 is 0.758 bits per heavy atom. The van der Waals surface area contributed by atoms with Gasteiger partial charge in [0, 0.05) is 46.9 Å². The first-order valence-electron chi connectivity index (χ1n) is 37.5. The van der Waals surface area contributed by atoms with Crippen molar-refractivity contribution in [1.82, 2.24) is 10.2 Å². The Kier molecular flexibility index (Phi) is 43.0. The van der Waals surface area contributed by atoms with E-state index in [1.807, 2.05) is 13.0 Å². The quantitative estimate of drug-likeness (QED) is 0.00773. The van der Waals surface area contributed by atoms with E-state index >= 15 is 0 Å². The number of imide groups is 1. The molecule has 644 valence electrons. The van der Waals surface area contributed by atoms with E-state index in [1.54, 1.807) is 237 Å². The smallest absolute Gasteiger partial charge is 0.337 e. The SMILES string of the molecule is C.CCCCl.COC(=O)c1ccc(N)cc1.COC(=O)c1ccc(N=Nc2ccc(O)cc2)cc1.COC(=O)c1ccc(N=Nc2ccc(OCCCl)cc2)cc1.O=C(O)c1ccc(N=Nc2ccc(OCCCl)cc2)cc1.O=C1CCC(N2Cc3c(NC(=O)c4ccc(N=Nc5ccc(OCCCl)cc5)cc4)cccc3C2=O)C(=O)N1.Oc1ccccc1. The number of anilines is 2. The van der Waals surface area contributed by atoms with Crippen molar-refractivity contribution in [2.24, 2.45) is 40.9 Å². The summed E-state index contributed by atoms with van der Waals surface area (Å²) in [7, 11) is 4.02. The molecular weight excluding hydrogens is 1670 g/mol. The Bertz CT molecular complexity index is 5320. The van der Waals surface area contributed by atoms with Gasteiger partial charge in [-0.05, 0) is 255 Å². The Balaban J connectivity index is 0.000000243. The van der Waals surface area contributed by atoms with Crippen LogP contribution in [0.4, 0.5) is 56.9 Å². The maximum atomic E-state index is 13.0. The number of rotatable bonds is 25. The van der Waals surface area contributed by atoms with E-state index in [-0.39, 0.29) is 73.8 Å². The number of nitrogens with one attached hydrogen (secondary N) is 2. The summed E-state index contributed by atoms with van der Waals surface area (Å²) in [4.78, 5) is 95.4. The van der Waals surface area contributed by atoms with E-state index in [1.165, 1.54) is 50.5 Å². The number of carbonyl (C=O) groups excluding carboxylic acids is 7. The molecule has 2 aliphatic rings. The van der Waals surface area contributed by atoms with Crippen molar-refractivity contribution >= 4 is 151 Å². The minimum absolute atomic E-state index is 0. The second-order valence-electron chi connectivity index (χ2n) is 25.2. The van der Waals surface area contributed by atoms with E-state index in [9.17, 15) is 38.4 Å². The molecule has 1 atom stereocenters. The molecule has 13 rings (SSSR count). The van der Waals surface area contributed by atoms with Crippen LogP contribution in [0.15, 0.2) is 308 Å². The summed E-state index contributed by atoms with van der Waals surface area (Å²) < 4.78 is 29.9. The lowest BCUT2D eigenvalue weighted by Gasteiger charge is -2.29. The number of nitrogens with zero attached hydrogens (tertiary/aromatic N) is 9. The maximum Gasteiger partial charge on any atom is 0.337 e. The lowest BCUT2D eigenvalue weighted by Crippen LogP contribution is -2.52. The number of amides is 4. The van der Waals surface area contributed by atoms with E-state index in [2.05, 4.69) is 65.8 Å². The van der Waals surface area contributed by atoms with Crippen molar-refractivity contribution in [3.63, 3.8) is 0 Å². The van der Waals surface area contributed by atoms with Crippen molar-refractivity contribution in [2.75, 3.05) is 75.7 Å². The van der Waals surface area contributed by atoms with E-state index in [4.69, 9.17) is 81.7 Å². The van der Waals surface area contributed by atoms with Gasteiger partial charge in [0.05, 0.1) is 107 Å². The summed E-state index contributed by atoms with van der Waals surface area (Å²) >= 11 is 21.9. The number of nitrogen functional groups attached to an aromatic ring is 1. The molecule has 29 nitrogen and oxygen atoms in total. The average molecular weight is 1770 g/mol. The number of fused-ring (bicyclic) bond motifs is 1. The highest BCUT2D eigenvalue weighted by molar-refractivity contribution is 6.18. The summed E-state index contributed by atoms with van der Waals surface area (Å²) in [6.07, 6.45) is 1.53. The zero-order chi connectivity index (χ0) is 88.7. The number of aromatic hydroxyl groups is 2. The summed E-state index contributed by atoms with van der Waals surface area (Å²) in [6, 6.07) is 73.6. The third kappa shape index (κ3) is 34.1. The largest absolute Gasteiger partial charge is 0.508 e. The average Bonchev–Trinajstić information content (AvgIpc) is 1.62. The van der Waals surface area contributed by atoms with Crippen LogP contribution in [0.3, 0.4) is 0 Å². The zero-order valence-electron chi connectivity index (χ0n) is 66.9. The highest BCUT2D eigenvalue weighted by Gasteiger charge is 2.40. The number of carbonyl (C=O) groups is 8. The first kappa shape index (κ1) is 98.6. The van der Waals surface area contributed by atoms with Gasteiger partial charge in [-0.2, -0.15) is 40.9 Å². The van der Waals surface area contributed by atoms with Crippen LogP contribution in [0.25, 0.3) is 0 Å². The molecule has 0 bridgehead atoms. The fourth-order valence-electron chi connectivity index (χ4n) is 10.3. The molecule has 0 aromatic heterocycles. The molecular formula is C91H90Cl4N12O17. The Morgan fingerprint density at radius 3 is 1.07 bits per heavy atom. The highest BCUT2D eigenvalue weighted by atomic mass is 35.5. The van der Waals surface area contributed by atoms with E-state index in [0.717, 1.165) is 23.8 Å². The number of phenolic OH excluding ortho intramolecular Hbond substituents is 2. The van der Waals surface area contributed by atoms with Crippen LogP contribution < -0.4 is 30.6 Å². The molecule has 0 saturated carbocycles. The number of benzene rings is 11. The summed E-state index contributed by atoms with van der Waals surface area (Å²) in [5, 5.41) is 64.5. The van der Waals surface area contributed by atoms with Crippen LogP contribution >= 0.6 is 46.4 Å². The van der Waals surface area contributed by atoms with Crippen molar-refractivity contribution in [2.45, 2.75) is 46.2 Å². The number of esters is 3. The molecule has 0 spiro atoms. The lowest BCUT2D eigenvalue weighted by molar-refractivity contribution is -0.137. The van der Waals surface area contributed by atoms with Crippen LogP contribution in [-0.4, -0.2) is 138 Å². The number of alkyl halides is 4. The molecule has 1 unspecified atom stereocenters. The first-order chi connectivity index (χ1) is 59.6. The molecule has 2 aliphatic heterocycles. The predicted octanol–water partition coefficient (Wildman–Crippen LogP) is 22.0. The number of para-hydroxylation sites is 1. The van der Waals surface area contributed by atoms with E-state index < -0.39 is 17.9 Å². The number of halogens is 4. The maximum absolute atomic E-state index is 13.0. The van der Waals surface area contributed by atoms with Crippen molar-refractivity contribution < 1.29 is 82.1 Å². The number of hydrogen-bond donors (Lipinski definition) is 6. The molecule has 11 aromatic rings. The molecule has 7 N–H and O–H groups in total. The second-order valence-corrected chi connectivity index (χ2v) is 26.7. The predicted molar refractivity (Wildman–Crippen MR) is 477 cm³/mol. The number of piperidine rings is 1. The topological polar surface area (TPSA) is 405 Å². The molecule has 2 heterocycles. The van der Waals surface area contributed by atoms with Gasteiger partial charge in [0.1, 0.15) is 54.6 Å². The lowest BCUT2D eigenvalue weighted by atomic mass is 10.0. The molecule has 4 amide bonds. The number of nitrogens with two attached hydrogens (primary N) is 1. The fourth-order valence-corrected chi connectivity index (χ4v) is 10.5. The van der Waals surface area contributed by atoms with Crippen LogP contribution in [0.1, 0.15) is 101 Å². The van der Waals surface area contributed by atoms with Gasteiger partial charge < -0.3 is 59.7 Å². The van der Waals surface area contributed by atoms with Crippen LogP contribution in [-0.2, 0) is 30.3 Å². The minimum Gasteiger partial charge on any atom is -0.508 e. The molecule has 33 heteroatoms. The van der Waals surface area contributed by atoms with Gasteiger partial charge in [0.15, 0.2) is 0 Å². The zero-order valence-corrected chi connectivity index (χ0v) is 70.0. The number of ether oxygens (including phenoxy) is 6. The van der Waals surface area contributed by atoms with Crippen LogP contribution in [0, 0.1) is 0 Å².